The highest BCUT2D eigenvalue weighted by Gasteiger charge is 2.34. The Labute approximate surface area is 219 Å². The van der Waals surface area contributed by atoms with E-state index in [1.165, 1.54) is 0 Å². The molecule has 9 heteroatoms. The first-order chi connectivity index (χ1) is 17.9. The summed E-state index contributed by atoms with van der Waals surface area (Å²) in [6.07, 6.45) is 5.49. The first kappa shape index (κ1) is 23.5. The molecular weight excluding hydrogens is 488 g/mol. The molecule has 0 saturated heterocycles. The fourth-order valence-electron chi connectivity index (χ4n) is 4.71. The number of ether oxygens (including phenoxy) is 1. The molecule has 0 unspecified atom stereocenters. The van der Waals surface area contributed by atoms with Crippen molar-refractivity contribution >= 4 is 34.2 Å². The van der Waals surface area contributed by atoms with E-state index in [-0.39, 0.29) is 11.9 Å². The van der Waals surface area contributed by atoms with Gasteiger partial charge in [-0.3, -0.25) is 14.5 Å². The molecule has 1 aromatic carbocycles. The highest BCUT2D eigenvalue weighted by molar-refractivity contribution is 6.30. The van der Waals surface area contributed by atoms with E-state index in [1.54, 1.807) is 24.1 Å². The van der Waals surface area contributed by atoms with Crippen LogP contribution in [0.25, 0.3) is 10.9 Å². The van der Waals surface area contributed by atoms with Crippen molar-refractivity contribution < 1.29 is 9.53 Å². The molecule has 1 saturated carbocycles. The smallest absolute Gasteiger partial charge is 0.254 e. The highest BCUT2D eigenvalue weighted by atomic mass is 35.5. The minimum absolute atomic E-state index is 0.00304. The summed E-state index contributed by atoms with van der Waals surface area (Å²) in [5.74, 6) is 6.60. The van der Waals surface area contributed by atoms with Crippen LogP contribution in [0.4, 0.5) is 5.82 Å². The van der Waals surface area contributed by atoms with Crippen LogP contribution < -0.4 is 5.73 Å². The van der Waals surface area contributed by atoms with Crippen LogP contribution in [0.5, 0.6) is 0 Å². The number of hydrogen-bond donors (Lipinski definition) is 1. The van der Waals surface area contributed by atoms with Gasteiger partial charge in [0, 0.05) is 47.6 Å². The van der Waals surface area contributed by atoms with Crippen molar-refractivity contribution in [2.24, 2.45) is 7.05 Å². The number of benzene rings is 1. The second kappa shape index (κ2) is 9.18. The molecule has 8 nitrogen and oxygen atoms in total. The minimum atomic E-state index is 0.00304. The second-order valence-corrected chi connectivity index (χ2v) is 9.95. The molecule has 1 amide bonds. The lowest BCUT2D eigenvalue weighted by Crippen LogP contribution is -2.33. The lowest BCUT2D eigenvalue weighted by molar-refractivity contribution is 0.0727. The average Bonchev–Trinajstić information content (AvgIpc) is 3.49. The van der Waals surface area contributed by atoms with Crippen LogP contribution in [0.15, 0.2) is 36.7 Å². The van der Waals surface area contributed by atoms with E-state index in [2.05, 4.69) is 26.9 Å². The number of anilines is 1. The number of aryl methyl sites for hydroxylation is 2. The number of halogens is 1. The van der Waals surface area contributed by atoms with E-state index in [9.17, 15) is 4.79 Å². The number of rotatable bonds is 4. The number of pyridine rings is 2. The number of nitrogens with zero attached hydrogens (tertiary/aromatic N) is 5. The molecule has 0 spiro atoms. The fraction of sp³-hybridized carbons (Fsp3) is 0.286. The SMILES string of the molecule is Cc1cc2nc(N)c3c(c2cc1C(=O)N(Cc1ccc(C#Cc2cn(C)nc2Cl)cn1)C1CC1)COC3. The van der Waals surface area contributed by atoms with Crippen molar-refractivity contribution in [3.8, 4) is 11.8 Å². The zero-order chi connectivity index (χ0) is 25.7. The van der Waals surface area contributed by atoms with Crippen LogP contribution in [0, 0.1) is 18.8 Å². The Morgan fingerprint density at radius 1 is 1.24 bits per heavy atom. The van der Waals surface area contributed by atoms with Gasteiger partial charge in [-0.2, -0.15) is 5.10 Å². The molecule has 2 aliphatic rings. The summed E-state index contributed by atoms with van der Waals surface area (Å²) in [5.41, 5.74) is 12.7. The molecule has 1 fully saturated rings. The second-order valence-electron chi connectivity index (χ2n) is 9.59. The van der Waals surface area contributed by atoms with E-state index < -0.39 is 0 Å². The van der Waals surface area contributed by atoms with E-state index in [1.807, 2.05) is 36.1 Å². The van der Waals surface area contributed by atoms with Gasteiger partial charge in [0.15, 0.2) is 5.15 Å². The monoisotopic (exact) mass is 512 g/mol. The lowest BCUT2D eigenvalue weighted by atomic mass is 9.98. The number of nitrogens with two attached hydrogens (primary N) is 1. The summed E-state index contributed by atoms with van der Waals surface area (Å²) in [6, 6.07) is 7.95. The molecule has 4 heterocycles. The summed E-state index contributed by atoms with van der Waals surface area (Å²) < 4.78 is 7.25. The summed E-state index contributed by atoms with van der Waals surface area (Å²) in [6.45, 7) is 3.31. The molecule has 3 aromatic heterocycles. The maximum Gasteiger partial charge on any atom is 0.254 e. The quantitative estimate of drug-likeness (QED) is 0.412. The Kier molecular flexibility index (Phi) is 5.82. The van der Waals surface area contributed by atoms with E-state index in [0.717, 1.165) is 51.7 Å². The maximum absolute atomic E-state index is 13.8. The van der Waals surface area contributed by atoms with Gasteiger partial charge in [-0.15, -0.1) is 0 Å². The van der Waals surface area contributed by atoms with Crippen LogP contribution in [0.1, 0.15) is 56.7 Å². The van der Waals surface area contributed by atoms with Gasteiger partial charge >= 0.3 is 0 Å². The van der Waals surface area contributed by atoms with Gasteiger partial charge in [0.25, 0.3) is 5.91 Å². The number of aromatic nitrogens is 4. The Bertz CT molecular complexity index is 1610. The van der Waals surface area contributed by atoms with Crippen LogP contribution in [-0.4, -0.2) is 36.6 Å². The third-order valence-electron chi connectivity index (χ3n) is 6.84. The van der Waals surface area contributed by atoms with Crippen molar-refractivity contribution in [2.75, 3.05) is 5.73 Å². The first-order valence-corrected chi connectivity index (χ1v) is 12.5. The minimum Gasteiger partial charge on any atom is -0.383 e. The summed E-state index contributed by atoms with van der Waals surface area (Å²) in [7, 11) is 1.80. The Hall–Kier alpha value is -3.93. The van der Waals surface area contributed by atoms with E-state index in [4.69, 9.17) is 22.1 Å². The molecule has 6 rings (SSSR count). The zero-order valence-corrected chi connectivity index (χ0v) is 21.3. The molecule has 0 bridgehead atoms. The third-order valence-corrected chi connectivity index (χ3v) is 7.12. The van der Waals surface area contributed by atoms with Gasteiger partial charge < -0.3 is 15.4 Å². The van der Waals surface area contributed by atoms with E-state index >= 15 is 0 Å². The van der Waals surface area contributed by atoms with Crippen molar-refractivity contribution in [2.45, 2.75) is 45.6 Å². The zero-order valence-electron chi connectivity index (χ0n) is 20.6. The van der Waals surface area contributed by atoms with Gasteiger partial charge in [0.1, 0.15) is 5.82 Å². The largest absolute Gasteiger partial charge is 0.383 e. The number of nitrogen functional groups attached to an aromatic ring is 1. The normalized spacial score (nSPS) is 14.4. The maximum atomic E-state index is 13.8. The number of amides is 1. The Morgan fingerprint density at radius 3 is 2.76 bits per heavy atom. The van der Waals surface area contributed by atoms with Crippen molar-refractivity contribution in [3.05, 3.63) is 80.9 Å². The molecule has 1 aliphatic carbocycles. The summed E-state index contributed by atoms with van der Waals surface area (Å²) in [5, 5.41) is 5.39. The third kappa shape index (κ3) is 4.52. The fourth-order valence-corrected chi connectivity index (χ4v) is 4.93. The molecule has 4 aromatic rings. The molecule has 0 atom stereocenters. The van der Waals surface area contributed by atoms with Gasteiger partial charge in [-0.25, -0.2) is 4.98 Å². The van der Waals surface area contributed by atoms with Gasteiger partial charge in [0.2, 0.25) is 0 Å². The molecular formula is C28H25ClN6O2. The number of hydrogen-bond acceptors (Lipinski definition) is 6. The van der Waals surface area contributed by atoms with Crippen LogP contribution in [0.2, 0.25) is 5.15 Å². The average molecular weight is 513 g/mol. The molecule has 186 valence electrons. The predicted molar refractivity (Wildman–Crippen MR) is 141 cm³/mol. The first-order valence-electron chi connectivity index (χ1n) is 12.1. The summed E-state index contributed by atoms with van der Waals surface area (Å²) in [4.78, 5) is 24.9. The van der Waals surface area contributed by atoms with Crippen LogP contribution in [-0.2, 0) is 31.5 Å². The van der Waals surface area contributed by atoms with E-state index in [0.29, 0.717) is 41.9 Å². The lowest BCUT2D eigenvalue weighted by Gasteiger charge is -2.23. The molecule has 37 heavy (non-hydrogen) atoms. The molecule has 0 radical (unpaired) electrons. The van der Waals surface area contributed by atoms with Crippen molar-refractivity contribution in [1.82, 2.24) is 24.6 Å². The standard InChI is InChI=1S/C28H25ClN6O2/c1-16-9-25-22(23-14-37-15-24(23)27(30)32-25)10-21(16)28(36)35(20-7-8-20)13-19-6-4-17(11-31-19)3-5-18-12-34(2)33-26(18)29/h4,6,9-12,20H,7-8,13-15H2,1-2H3,(H2,30,32). The van der Waals surface area contributed by atoms with Gasteiger partial charge in [-0.1, -0.05) is 23.4 Å². The topological polar surface area (TPSA) is 99.2 Å². The van der Waals surface area contributed by atoms with Gasteiger partial charge in [-0.05, 0) is 55.2 Å². The van der Waals surface area contributed by atoms with Crippen LogP contribution in [0.3, 0.4) is 0 Å². The Balaban J connectivity index is 1.26. The molecule has 1 aliphatic heterocycles. The van der Waals surface area contributed by atoms with Gasteiger partial charge in [0.05, 0.1) is 36.5 Å². The predicted octanol–water partition coefficient (Wildman–Crippen LogP) is 4.14. The number of carbonyl (C=O) groups excluding carboxylic acids is 1. The van der Waals surface area contributed by atoms with Crippen LogP contribution >= 0.6 is 11.6 Å². The van der Waals surface area contributed by atoms with Crippen molar-refractivity contribution in [3.63, 3.8) is 0 Å². The summed E-state index contributed by atoms with van der Waals surface area (Å²) >= 11 is 6.08. The highest BCUT2D eigenvalue weighted by Crippen LogP contribution is 2.34. The molecule has 2 N–H and O–H groups in total. The van der Waals surface area contributed by atoms with Crippen molar-refractivity contribution in [1.29, 1.82) is 0 Å². The number of carbonyl (C=O) groups is 1. The Morgan fingerprint density at radius 2 is 2.05 bits per heavy atom. The number of fused-ring (bicyclic) bond motifs is 3.